The summed E-state index contributed by atoms with van der Waals surface area (Å²) in [7, 11) is 0. The van der Waals surface area contributed by atoms with E-state index in [1.807, 2.05) is 0 Å². The van der Waals surface area contributed by atoms with Crippen LogP contribution in [0.15, 0.2) is 82.6 Å². The van der Waals surface area contributed by atoms with E-state index in [2.05, 4.69) is 5.32 Å². The maximum absolute atomic E-state index is 13.9. The molecule has 1 saturated heterocycles. The van der Waals surface area contributed by atoms with Crippen molar-refractivity contribution in [2.75, 3.05) is 10.2 Å². The number of thioether (sulfide) groups is 1. The van der Waals surface area contributed by atoms with Gasteiger partial charge in [0, 0.05) is 21.5 Å². The number of fused-ring (bicyclic) bond motifs is 2. The van der Waals surface area contributed by atoms with Gasteiger partial charge in [-0.25, -0.2) is 4.90 Å². The summed E-state index contributed by atoms with van der Waals surface area (Å²) in [5.74, 6) is -4.42. The molecule has 1 aromatic heterocycles. The van der Waals surface area contributed by atoms with Crippen LogP contribution in [-0.4, -0.2) is 27.5 Å². The van der Waals surface area contributed by atoms with Gasteiger partial charge < -0.3 is 5.32 Å². The fourth-order valence-corrected chi connectivity index (χ4v) is 8.38. The molecule has 3 atom stereocenters. The number of amides is 3. The van der Waals surface area contributed by atoms with Gasteiger partial charge in [0.05, 0.1) is 27.8 Å². The first-order valence-electron chi connectivity index (χ1n) is 13.3. The van der Waals surface area contributed by atoms with Crippen LogP contribution in [0, 0.1) is 5.92 Å². The normalized spacial score (nSPS) is 19.6. The van der Waals surface area contributed by atoms with Gasteiger partial charge in [0.15, 0.2) is 0 Å². The Hall–Kier alpha value is -4.08. The third-order valence-electron chi connectivity index (χ3n) is 7.49. The van der Waals surface area contributed by atoms with Gasteiger partial charge in [-0.05, 0) is 54.1 Å². The van der Waals surface area contributed by atoms with Crippen molar-refractivity contribution in [2.24, 2.45) is 5.92 Å². The van der Waals surface area contributed by atoms with Crippen molar-refractivity contribution in [1.29, 1.82) is 0 Å². The van der Waals surface area contributed by atoms with E-state index in [9.17, 15) is 45.5 Å². The van der Waals surface area contributed by atoms with Gasteiger partial charge in [-0.1, -0.05) is 59.0 Å². The highest BCUT2D eigenvalue weighted by molar-refractivity contribution is 8.00. The van der Waals surface area contributed by atoms with Gasteiger partial charge in [0.25, 0.3) is 0 Å². The minimum atomic E-state index is -4.73. The second-order valence-corrected chi connectivity index (χ2v) is 13.0. The number of carbonyl (C=O) groups excluding carboxylic acids is 3. The maximum Gasteiger partial charge on any atom is 0.416 e. The molecule has 4 aromatic rings. The fraction of sp³-hybridized carbons (Fsp3) is 0.200. The van der Waals surface area contributed by atoms with Crippen LogP contribution in [0.2, 0.25) is 5.02 Å². The Morgan fingerprint density at radius 2 is 1.48 bits per heavy atom. The number of rotatable bonds is 5. The lowest BCUT2D eigenvalue weighted by Gasteiger charge is -2.30. The van der Waals surface area contributed by atoms with Gasteiger partial charge in [-0.2, -0.15) is 26.3 Å². The van der Waals surface area contributed by atoms with Crippen LogP contribution in [0.4, 0.5) is 37.7 Å². The van der Waals surface area contributed by atoms with Crippen molar-refractivity contribution in [3.8, 4) is 0 Å². The Morgan fingerprint density at radius 3 is 2.13 bits per heavy atom. The molecule has 7 nitrogen and oxygen atoms in total. The summed E-state index contributed by atoms with van der Waals surface area (Å²) in [4.78, 5) is 54.3. The van der Waals surface area contributed by atoms with Crippen LogP contribution >= 0.6 is 34.7 Å². The van der Waals surface area contributed by atoms with E-state index < -0.39 is 69.7 Å². The average Bonchev–Trinajstić information content (AvgIpc) is 3.43. The van der Waals surface area contributed by atoms with E-state index in [-0.39, 0.29) is 16.4 Å². The summed E-state index contributed by atoms with van der Waals surface area (Å²) in [6.45, 7) is -0.627. The van der Waals surface area contributed by atoms with Gasteiger partial charge in [-0.3, -0.25) is 23.7 Å². The molecule has 3 heterocycles. The number of benzene rings is 3. The predicted molar refractivity (Wildman–Crippen MR) is 159 cm³/mol. The molecule has 1 N–H and O–H groups in total. The van der Waals surface area contributed by atoms with Crippen LogP contribution in [0.25, 0.3) is 0 Å². The number of hydrogen-bond donors (Lipinski definition) is 1. The zero-order chi connectivity index (χ0) is 33.1. The van der Waals surface area contributed by atoms with Gasteiger partial charge >= 0.3 is 17.2 Å². The second-order valence-electron chi connectivity index (χ2n) is 10.4. The number of hydrogen-bond acceptors (Lipinski definition) is 6. The summed E-state index contributed by atoms with van der Waals surface area (Å²) in [5, 5.41) is 1.71. The molecule has 3 amide bonds. The van der Waals surface area contributed by atoms with Crippen LogP contribution in [-0.2, 0) is 33.3 Å². The number of nitrogens with zero attached hydrogens (tertiary/aromatic N) is 2. The molecule has 1 fully saturated rings. The van der Waals surface area contributed by atoms with Crippen molar-refractivity contribution >= 4 is 63.8 Å². The summed E-state index contributed by atoms with van der Waals surface area (Å²) < 4.78 is 81.0. The number of imide groups is 1. The highest BCUT2D eigenvalue weighted by atomic mass is 35.5. The minimum Gasteiger partial charge on any atom is -0.325 e. The van der Waals surface area contributed by atoms with Gasteiger partial charge in [-0.15, -0.1) is 0 Å². The topological polar surface area (TPSA) is 88.5 Å². The lowest BCUT2D eigenvalue weighted by Crippen LogP contribution is -2.33. The molecule has 0 aliphatic carbocycles. The maximum atomic E-state index is 13.9. The first-order valence-corrected chi connectivity index (χ1v) is 15.4. The number of alkyl halides is 6. The standard InChI is InChI=1S/C30H18ClF6N3O4S2/c31-17-9-7-14(8-10-17)21-22-23(26(43)40(25(22)42)19-6-2-4-16(12-19)30(35,36)37)45-27-24(21)46-28(44)39(27)13-20(41)38-18-5-1-3-15(11-18)29(32,33)34/h1-12,21-23H,13H2,(H,38,41)/t21-,22-,23+/m0/s1. The molecule has 46 heavy (non-hydrogen) atoms. The second kappa shape index (κ2) is 11.6. The van der Waals surface area contributed by atoms with E-state index in [0.717, 1.165) is 58.0 Å². The zero-order valence-corrected chi connectivity index (χ0v) is 25.2. The summed E-state index contributed by atoms with van der Waals surface area (Å²) in [6, 6.07) is 14.0. The molecule has 2 aliphatic rings. The molecule has 0 bridgehead atoms. The van der Waals surface area contributed by atoms with Crippen molar-refractivity contribution in [1.82, 2.24) is 4.57 Å². The number of aromatic nitrogens is 1. The molecular formula is C30H18ClF6N3O4S2. The first-order chi connectivity index (χ1) is 21.6. The molecule has 0 saturated carbocycles. The number of carbonyl (C=O) groups is 3. The first kappa shape index (κ1) is 31.9. The number of anilines is 2. The lowest BCUT2D eigenvalue weighted by molar-refractivity contribution is -0.138. The Balaban J connectivity index is 1.38. The van der Waals surface area contributed by atoms with Crippen molar-refractivity contribution in [2.45, 2.75) is 35.1 Å². The van der Waals surface area contributed by atoms with Gasteiger partial charge in [0.1, 0.15) is 11.8 Å². The number of thiazole rings is 1. The quantitative estimate of drug-likeness (QED) is 0.179. The molecule has 16 heteroatoms. The Bertz CT molecular complexity index is 1940. The minimum absolute atomic E-state index is 0.156. The molecule has 2 aliphatic heterocycles. The largest absolute Gasteiger partial charge is 0.416 e. The third kappa shape index (κ3) is 5.82. The van der Waals surface area contributed by atoms with E-state index in [4.69, 9.17) is 11.6 Å². The third-order valence-corrected chi connectivity index (χ3v) is 10.3. The SMILES string of the molecule is O=C(Cn1c2c(sc1=O)[C@@H](c1ccc(Cl)cc1)[C@@H]1C(=O)N(c3cccc(C(F)(F)F)c3)C(=O)[C@@H]1S2)Nc1cccc(C(F)(F)F)c1. The smallest absolute Gasteiger partial charge is 0.325 e. The van der Waals surface area contributed by atoms with E-state index in [1.54, 1.807) is 24.3 Å². The van der Waals surface area contributed by atoms with E-state index >= 15 is 0 Å². The fourth-order valence-electron chi connectivity index (χ4n) is 5.48. The highest BCUT2D eigenvalue weighted by Crippen LogP contribution is 2.54. The van der Waals surface area contributed by atoms with Crippen molar-refractivity contribution < 1.29 is 40.7 Å². The molecule has 0 radical (unpaired) electrons. The van der Waals surface area contributed by atoms with Crippen LogP contribution in [0.3, 0.4) is 0 Å². The lowest BCUT2D eigenvalue weighted by atomic mass is 9.83. The molecule has 238 valence electrons. The van der Waals surface area contributed by atoms with Crippen LogP contribution in [0.1, 0.15) is 27.5 Å². The molecule has 6 rings (SSSR count). The van der Waals surface area contributed by atoms with E-state index in [1.165, 1.54) is 12.1 Å². The molecule has 0 unspecified atom stereocenters. The van der Waals surface area contributed by atoms with Crippen LogP contribution in [0.5, 0.6) is 0 Å². The Labute approximate surface area is 268 Å². The van der Waals surface area contributed by atoms with E-state index in [0.29, 0.717) is 26.4 Å². The summed E-state index contributed by atoms with van der Waals surface area (Å²) >= 11 is 7.64. The zero-order valence-electron chi connectivity index (χ0n) is 22.9. The van der Waals surface area contributed by atoms with Gasteiger partial charge in [0.2, 0.25) is 17.7 Å². The monoisotopic (exact) mass is 697 g/mol. The Kier molecular flexibility index (Phi) is 8.05. The average molecular weight is 698 g/mol. The predicted octanol–water partition coefficient (Wildman–Crippen LogP) is 7.04. The van der Waals surface area contributed by atoms with Crippen molar-refractivity contribution in [3.63, 3.8) is 0 Å². The summed E-state index contributed by atoms with van der Waals surface area (Å²) in [6.07, 6.45) is -9.38. The van der Waals surface area contributed by atoms with Crippen LogP contribution < -0.4 is 15.1 Å². The Morgan fingerprint density at radius 1 is 0.848 bits per heavy atom. The molecule has 0 spiro atoms. The molecule has 3 aromatic carbocycles. The molecular weight excluding hydrogens is 680 g/mol. The highest BCUT2D eigenvalue weighted by Gasteiger charge is 2.57. The number of halogens is 7. The number of nitrogens with one attached hydrogen (secondary N) is 1. The summed E-state index contributed by atoms with van der Waals surface area (Å²) in [5.41, 5.74) is -1.97. The van der Waals surface area contributed by atoms with Crippen molar-refractivity contribution in [3.05, 3.63) is 109 Å².